The minimum Gasteiger partial charge on any atom is -0.370 e. The van der Waals surface area contributed by atoms with Crippen LogP contribution in [0, 0.1) is 6.92 Å². The van der Waals surface area contributed by atoms with Crippen molar-refractivity contribution in [2.75, 3.05) is 31.1 Å². The first-order valence-corrected chi connectivity index (χ1v) is 7.94. The summed E-state index contributed by atoms with van der Waals surface area (Å²) < 4.78 is 37.9. The number of alkyl halides is 3. The lowest BCUT2D eigenvalue weighted by molar-refractivity contribution is -0.141. The zero-order chi connectivity index (χ0) is 18.0. The molecule has 1 N–H and O–H groups in total. The lowest BCUT2D eigenvalue weighted by Crippen LogP contribution is -2.35. The van der Waals surface area contributed by atoms with E-state index >= 15 is 0 Å². The van der Waals surface area contributed by atoms with Crippen LogP contribution in [0.4, 0.5) is 18.9 Å². The molecule has 3 rings (SSSR count). The summed E-state index contributed by atoms with van der Waals surface area (Å²) in [6, 6.07) is 4.64. The summed E-state index contributed by atoms with van der Waals surface area (Å²) in [7, 11) is 0. The van der Waals surface area contributed by atoms with Crippen LogP contribution in [0.1, 0.15) is 28.3 Å². The quantitative estimate of drug-likeness (QED) is 0.901. The van der Waals surface area contributed by atoms with Crippen molar-refractivity contribution in [3.63, 3.8) is 0 Å². The molecule has 0 saturated carbocycles. The Bertz CT molecular complexity index is 758. The average Bonchev–Trinajstić information content (AvgIpc) is 2.93. The van der Waals surface area contributed by atoms with E-state index in [-0.39, 0.29) is 5.69 Å². The number of aryl methyl sites for hydroxylation is 1. The van der Waals surface area contributed by atoms with E-state index in [2.05, 4.69) is 15.0 Å². The van der Waals surface area contributed by atoms with Crippen LogP contribution in [0.15, 0.2) is 24.4 Å². The SMILES string of the molecule is Cc1cc(N2CCCN(C(=O)c3cc(C(F)(F)F)[nH]n3)CC2)ccn1. The van der Waals surface area contributed by atoms with E-state index in [4.69, 9.17) is 0 Å². The molecule has 0 bridgehead atoms. The monoisotopic (exact) mass is 353 g/mol. The molecule has 2 aromatic heterocycles. The second-order valence-electron chi connectivity index (χ2n) is 5.95. The lowest BCUT2D eigenvalue weighted by Gasteiger charge is -2.23. The fourth-order valence-corrected chi connectivity index (χ4v) is 2.84. The number of amides is 1. The largest absolute Gasteiger partial charge is 0.432 e. The van der Waals surface area contributed by atoms with Crippen molar-refractivity contribution in [1.82, 2.24) is 20.1 Å². The molecule has 134 valence electrons. The number of rotatable bonds is 2. The minimum absolute atomic E-state index is 0.208. The molecule has 1 saturated heterocycles. The molecule has 3 heterocycles. The number of nitrogens with one attached hydrogen (secondary N) is 1. The Morgan fingerprint density at radius 2 is 2.00 bits per heavy atom. The summed E-state index contributed by atoms with van der Waals surface area (Å²) in [5.41, 5.74) is 0.715. The fourth-order valence-electron chi connectivity index (χ4n) is 2.84. The van der Waals surface area contributed by atoms with Gasteiger partial charge in [0.25, 0.3) is 5.91 Å². The van der Waals surface area contributed by atoms with Crippen LogP contribution in [0.3, 0.4) is 0 Å². The first kappa shape index (κ1) is 17.2. The van der Waals surface area contributed by atoms with E-state index in [0.29, 0.717) is 19.6 Å². The molecule has 9 heteroatoms. The van der Waals surface area contributed by atoms with E-state index in [0.717, 1.165) is 30.4 Å². The summed E-state index contributed by atoms with van der Waals surface area (Å²) in [5, 5.41) is 5.40. The van der Waals surface area contributed by atoms with Crippen molar-refractivity contribution >= 4 is 11.6 Å². The van der Waals surface area contributed by atoms with Crippen molar-refractivity contribution < 1.29 is 18.0 Å². The molecule has 0 spiro atoms. The molecule has 0 aromatic carbocycles. The number of aromatic nitrogens is 3. The van der Waals surface area contributed by atoms with Gasteiger partial charge in [0, 0.05) is 49.8 Å². The smallest absolute Gasteiger partial charge is 0.370 e. The third kappa shape index (κ3) is 3.92. The number of halogens is 3. The molecular weight excluding hydrogens is 335 g/mol. The summed E-state index contributed by atoms with van der Waals surface area (Å²) in [5.74, 6) is -0.487. The van der Waals surface area contributed by atoms with Crippen molar-refractivity contribution in [1.29, 1.82) is 0 Å². The van der Waals surface area contributed by atoms with Gasteiger partial charge in [-0.05, 0) is 25.5 Å². The second-order valence-corrected chi connectivity index (χ2v) is 5.95. The number of hydrogen-bond donors (Lipinski definition) is 1. The highest BCUT2D eigenvalue weighted by molar-refractivity contribution is 5.92. The maximum absolute atomic E-state index is 12.6. The van der Waals surface area contributed by atoms with Gasteiger partial charge >= 0.3 is 6.18 Å². The van der Waals surface area contributed by atoms with E-state index in [1.54, 1.807) is 11.1 Å². The number of carbonyl (C=O) groups is 1. The summed E-state index contributed by atoms with van der Waals surface area (Å²) in [4.78, 5) is 20.3. The number of anilines is 1. The topological polar surface area (TPSA) is 65.1 Å². The molecule has 25 heavy (non-hydrogen) atoms. The fraction of sp³-hybridized carbons (Fsp3) is 0.438. The average molecular weight is 353 g/mol. The van der Waals surface area contributed by atoms with E-state index in [9.17, 15) is 18.0 Å². The van der Waals surface area contributed by atoms with Gasteiger partial charge in [-0.1, -0.05) is 0 Å². The molecule has 1 fully saturated rings. The van der Waals surface area contributed by atoms with Gasteiger partial charge in [0.05, 0.1) is 0 Å². The van der Waals surface area contributed by atoms with Crippen molar-refractivity contribution in [2.24, 2.45) is 0 Å². The number of pyridine rings is 1. The summed E-state index contributed by atoms with van der Waals surface area (Å²) in [6.45, 7) is 4.18. The van der Waals surface area contributed by atoms with Crippen LogP contribution < -0.4 is 4.90 Å². The highest BCUT2D eigenvalue weighted by Gasteiger charge is 2.34. The molecule has 1 aliphatic rings. The van der Waals surface area contributed by atoms with Gasteiger partial charge in [0.15, 0.2) is 5.69 Å². The summed E-state index contributed by atoms with van der Waals surface area (Å²) in [6.07, 6.45) is -2.08. The van der Waals surface area contributed by atoms with Crippen molar-refractivity contribution in [3.8, 4) is 0 Å². The van der Waals surface area contributed by atoms with Gasteiger partial charge < -0.3 is 9.80 Å². The Balaban J connectivity index is 1.68. The molecule has 0 atom stereocenters. The summed E-state index contributed by atoms with van der Waals surface area (Å²) >= 11 is 0. The first-order chi connectivity index (χ1) is 11.8. The van der Waals surface area contributed by atoms with Crippen molar-refractivity contribution in [2.45, 2.75) is 19.5 Å². The van der Waals surface area contributed by atoms with Gasteiger partial charge in [-0.3, -0.25) is 14.9 Å². The molecule has 1 amide bonds. The van der Waals surface area contributed by atoms with Crippen LogP contribution in [0.5, 0.6) is 0 Å². The van der Waals surface area contributed by atoms with Crippen LogP contribution >= 0.6 is 0 Å². The van der Waals surface area contributed by atoms with Crippen LogP contribution in [0.25, 0.3) is 0 Å². The van der Waals surface area contributed by atoms with E-state index < -0.39 is 17.8 Å². The molecule has 2 aromatic rings. The van der Waals surface area contributed by atoms with Gasteiger partial charge in [-0.2, -0.15) is 18.3 Å². The third-order valence-electron chi connectivity index (χ3n) is 4.13. The van der Waals surface area contributed by atoms with Gasteiger partial charge in [-0.25, -0.2) is 0 Å². The number of hydrogen-bond acceptors (Lipinski definition) is 4. The molecular formula is C16H18F3N5O. The third-order valence-corrected chi connectivity index (χ3v) is 4.13. The maximum Gasteiger partial charge on any atom is 0.432 e. The van der Waals surface area contributed by atoms with Crippen LogP contribution in [-0.4, -0.2) is 52.2 Å². The zero-order valence-corrected chi connectivity index (χ0v) is 13.7. The molecule has 0 aliphatic carbocycles. The standard InChI is InChI=1S/C16H18F3N5O/c1-11-9-12(3-4-20-11)23-5-2-6-24(8-7-23)15(25)13-10-14(22-21-13)16(17,18)19/h3-4,9-10H,2,5-8H2,1H3,(H,21,22). The highest BCUT2D eigenvalue weighted by Crippen LogP contribution is 2.28. The predicted octanol–water partition coefficient (Wildman–Crippen LogP) is 2.48. The number of nitrogens with zero attached hydrogens (tertiary/aromatic N) is 4. The van der Waals surface area contributed by atoms with Gasteiger partial charge in [0.1, 0.15) is 5.69 Å². The molecule has 0 unspecified atom stereocenters. The number of aromatic amines is 1. The maximum atomic E-state index is 12.6. The Kier molecular flexibility index (Phi) is 4.65. The number of H-pyrrole nitrogens is 1. The first-order valence-electron chi connectivity index (χ1n) is 7.94. The Morgan fingerprint density at radius 3 is 2.68 bits per heavy atom. The van der Waals surface area contributed by atoms with Gasteiger partial charge in [-0.15, -0.1) is 0 Å². The Morgan fingerprint density at radius 1 is 1.20 bits per heavy atom. The normalized spacial score (nSPS) is 16.0. The predicted molar refractivity (Wildman–Crippen MR) is 85.3 cm³/mol. The van der Waals surface area contributed by atoms with Crippen molar-refractivity contribution in [3.05, 3.63) is 41.5 Å². The van der Waals surface area contributed by atoms with E-state index in [1.807, 2.05) is 24.2 Å². The molecule has 0 radical (unpaired) electrons. The highest BCUT2D eigenvalue weighted by atomic mass is 19.4. The van der Waals surface area contributed by atoms with Crippen LogP contribution in [0.2, 0.25) is 0 Å². The molecule has 1 aliphatic heterocycles. The van der Waals surface area contributed by atoms with Gasteiger partial charge in [0.2, 0.25) is 0 Å². The second kappa shape index (κ2) is 6.73. The molecule has 6 nitrogen and oxygen atoms in total. The minimum atomic E-state index is -4.54. The van der Waals surface area contributed by atoms with E-state index in [1.165, 1.54) is 0 Å². The zero-order valence-electron chi connectivity index (χ0n) is 13.7. The lowest BCUT2D eigenvalue weighted by atomic mass is 10.3. The number of carbonyl (C=O) groups excluding carboxylic acids is 1. The van der Waals surface area contributed by atoms with Crippen LogP contribution in [-0.2, 0) is 6.18 Å². The Labute approximate surface area is 142 Å². The Hall–Kier alpha value is -2.58.